The largest absolute Gasteiger partial charge is 0.347 e. The number of benzene rings is 1. The number of sulfonamides is 1. The van der Waals surface area contributed by atoms with Crippen LogP contribution in [0.1, 0.15) is 15.2 Å². The van der Waals surface area contributed by atoms with Gasteiger partial charge in [-0.2, -0.15) is 4.31 Å². The average molecular weight is 417 g/mol. The van der Waals surface area contributed by atoms with Gasteiger partial charge in [-0.3, -0.25) is 9.78 Å². The number of piperazine rings is 1. The Bertz CT molecular complexity index is 1050. The van der Waals surface area contributed by atoms with E-state index in [-0.39, 0.29) is 10.8 Å². The molecule has 1 fully saturated rings. The van der Waals surface area contributed by atoms with Crippen molar-refractivity contribution in [3.05, 3.63) is 59.2 Å². The van der Waals surface area contributed by atoms with Gasteiger partial charge in [-0.25, -0.2) is 8.42 Å². The molecule has 1 amide bonds. The number of carbonyl (C=O) groups is 1. The second-order valence-corrected chi connectivity index (χ2v) is 9.53. The number of pyridine rings is 1. The number of fused-ring (bicyclic) bond motifs is 1. The fourth-order valence-corrected chi connectivity index (χ4v) is 5.47. The summed E-state index contributed by atoms with van der Waals surface area (Å²) in [6.45, 7) is 2.61. The summed E-state index contributed by atoms with van der Waals surface area (Å²) in [5.41, 5.74) is 0.843. The lowest BCUT2D eigenvalue weighted by molar-refractivity contribution is 0.0955. The minimum atomic E-state index is -3.47. The molecule has 3 aromatic rings. The van der Waals surface area contributed by atoms with Crippen LogP contribution in [0.5, 0.6) is 0 Å². The molecule has 0 spiro atoms. The van der Waals surface area contributed by atoms with Crippen molar-refractivity contribution >= 4 is 37.4 Å². The van der Waals surface area contributed by atoms with Gasteiger partial charge >= 0.3 is 0 Å². The van der Waals surface area contributed by atoms with Crippen molar-refractivity contribution in [3.63, 3.8) is 0 Å². The highest BCUT2D eigenvalue weighted by Gasteiger charge is 2.25. The minimum Gasteiger partial charge on any atom is -0.347 e. The van der Waals surface area contributed by atoms with Crippen LogP contribution < -0.4 is 10.6 Å². The summed E-state index contributed by atoms with van der Waals surface area (Å²) in [7, 11) is -3.47. The summed E-state index contributed by atoms with van der Waals surface area (Å²) in [5.74, 6) is -0.154. The molecule has 0 radical (unpaired) electrons. The third-order valence-electron chi connectivity index (χ3n) is 4.64. The van der Waals surface area contributed by atoms with E-state index in [9.17, 15) is 13.2 Å². The monoisotopic (exact) mass is 416 g/mol. The molecule has 2 aromatic heterocycles. The van der Waals surface area contributed by atoms with Gasteiger partial charge in [0.15, 0.2) is 0 Å². The van der Waals surface area contributed by atoms with Crippen molar-refractivity contribution in [1.29, 1.82) is 0 Å². The van der Waals surface area contributed by atoms with Crippen LogP contribution >= 0.6 is 11.3 Å². The first-order valence-electron chi connectivity index (χ1n) is 8.95. The second-order valence-electron chi connectivity index (χ2n) is 6.50. The molecular formula is C19H20N4O3S2. The Labute approximate surface area is 167 Å². The summed E-state index contributed by atoms with van der Waals surface area (Å²) >= 11 is 1.40. The van der Waals surface area contributed by atoms with E-state index in [1.807, 2.05) is 12.1 Å². The van der Waals surface area contributed by atoms with E-state index in [1.165, 1.54) is 15.6 Å². The van der Waals surface area contributed by atoms with Crippen LogP contribution in [-0.2, 0) is 16.6 Å². The molecule has 146 valence electrons. The van der Waals surface area contributed by atoms with Crippen molar-refractivity contribution in [1.82, 2.24) is 19.9 Å². The molecule has 1 aliphatic rings. The zero-order valence-electron chi connectivity index (χ0n) is 15.1. The molecule has 0 atom stereocenters. The molecule has 0 bridgehead atoms. The SMILES string of the molecule is O=C(NCc1ccc(S(=O)(=O)N2CCNCC2)cc1)c1cc2ccncc2s1. The summed E-state index contributed by atoms with van der Waals surface area (Å²) in [4.78, 5) is 17.4. The van der Waals surface area contributed by atoms with Gasteiger partial charge in [0.2, 0.25) is 10.0 Å². The van der Waals surface area contributed by atoms with Gasteiger partial charge in [0.05, 0.1) is 14.5 Å². The van der Waals surface area contributed by atoms with Crippen LogP contribution in [-0.4, -0.2) is 49.8 Å². The Balaban J connectivity index is 1.41. The number of thiophene rings is 1. The highest BCUT2D eigenvalue weighted by Crippen LogP contribution is 2.24. The maximum absolute atomic E-state index is 12.7. The lowest BCUT2D eigenvalue weighted by Crippen LogP contribution is -2.46. The molecule has 4 rings (SSSR count). The van der Waals surface area contributed by atoms with Crippen molar-refractivity contribution < 1.29 is 13.2 Å². The number of nitrogens with one attached hydrogen (secondary N) is 2. The van der Waals surface area contributed by atoms with E-state index in [4.69, 9.17) is 0 Å². The molecule has 7 nitrogen and oxygen atoms in total. The van der Waals surface area contributed by atoms with Gasteiger partial charge in [0.25, 0.3) is 5.91 Å². The lowest BCUT2D eigenvalue weighted by atomic mass is 10.2. The van der Waals surface area contributed by atoms with Gasteiger partial charge < -0.3 is 10.6 Å². The zero-order valence-corrected chi connectivity index (χ0v) is 16.7. The van der Waals surface area contributed by atoms with E-state index >= 15 is 0 Å². The Morgan fingerprint density at radius 2 is 1.93 bits per heavy atom. The Kier molecular flexibility index (Phi) is 5.40. The maximum atomic E-state index is 12.7. The second kappa shape index (κ2) is 7.96. The minimum absolute atomic E-state index is 0.154. The summed E-state index contributed by atoms with van der Waals surface area (Å²) in [6.07, 6.45) is 3.45. The topological polar surface area (TPSA) is 91.4 Å². The molecule has 1 saturated heterocycles. The van der Waals surface area contributed by atoms with Crippen LogP contribution in [0.15, 0.2) is 53.7 Å². The molecule has 28 heavy (non-hydrogen) atoms. The van der Waals surface area contributed by atoms with Gasteiger partial charge in [-0.15, -0.1) is 11.3 Å². The Morgan fingerprint density at radius 1 is 1.18 bits per heavy atom. The number of hydrogen-bond acceptors (Lipinski definition) is 6. The predicted octanol–water partition coefficient (Wildman–Crippen LogP) is 1.82. The van der Waals surface area contributed by atoms with E-state index in [0.29, 0.717) is 37.6 Å². The first kappa shape index (κ1) is 19.0. The highest BCUT2D eigenvalue weighted by atomic mass is 32.2. The van der Waals surface area contributed by atoms with Crippen molar-refractivity contribution in [3.8, 4) is 0 Å². The summed E-state index contributed by atoms with van der Waals surface area (Å²) in [6, 6.07) is 10.4. The number of hydrogen-bond donors (Lipinski definition) is 2. The van der Waals surface area contributed by atoms with Crippen molar-refractivity contribution in [2.24, 2.45) is 0 Å². The fraction of sp³-hybridized carbons (Fsp3) is 0.263. The average Bonchev–Trinajstić information content (AvgIpc) is 3.17. The third-order valence-corrected chi connectivity index (χ3v) is 7.63. The third kappa shape index (κ3) is 3.93. The normalized spacial score (nSPS) is 15.6. The Morgan fingerprint density at radius 3 is 2.64 bits per heavy atom. The number of aromatic nitrogens is 1. The zero-order chi connectivity index (χ0) is 19.6. The predicted molar refractivity (Wildman–Crippen MR) is 109 cm³/mol. The standard InChI is InChI=1S/C19H20N4O3S2/c24-19(17-11-15-5-6-21-13-18(15)27-17)22-12-14-1-3-16(4-2-14)28(25,26)23-9-7-20-8-10-23/h1-6,11,13,20H,7-10,12H2,(H,22,24). The molecular weight excluding hydrogens is 396 g/mol. The highest BCUT2D eigenvalue weighted by molar-refractivity contribution is 7.89. The quantitative estimate of drug-likeness (QED) is 0.662. The molecule has 2 N–H and O–H groups in total. The van der Waals surface area contributed by atoms with Crippen molar-refractivity contribution in [2.45, 2.75) is 11.4 Å². The van der Waals surface area contributed by atoms with Gasteiger partial charge in [-0.1, -0.05) is 12.1 Å². The van der Waals surface area contributed by atoms with Crippen LogP contribution in [0, 0.1) is 0 Å². The van der Waals surface area contributed by atoms with Crippen LogP contribution in [0.25, 0.3) is 10.1 Å². The Hall–Kier alpha value is -2.33. The molecule has 0 saturated carbocycles. The van der Waals surface area contributed by atoms with E-state index in [2.05, 4.69) is 15.6 Å². The molecule has 0 unspecified atom stereocenters. The molecule has 1 aromatic carbocycles. The van der Waals surface area contributed by atoms with E-state index in [0.717, 1.165) is 15.6 Å². The number of nitrogens with zero attached hydrogens (tertiary/aromatic N) is 2. The fourth-order valence-electron chi connectivity index (χ4n) is 3.08. The smallest absolute Gasteiger partial charge is 0.261 e. The number of amides is 1. The molecule has 9 heteroatoms. The summed E-state index contributed by atoms with van der Waals surface area (Å²) < 4.78 is 27.8. The lowest BCUT2D eigenvalue weighted by Gasteiger charge is -2.26. The first-order chi connectivity index (χ1) is 13.5. The van der Waals surface area contributed by atoms with Crippen LogP contribution in [0.4, 0.5) is 0 Å². The molecule has 3 heterocycles. The van der Waals surface area contributed by atoms with Crippen molar-refractivity contribution in [2.75, 3.05) is 26.2 Å². The first-order valence-corrected chi connectivity index (χ1v) is 11.2. The van der Waals surface area contributed by atoms with Gasteiger partial charge in [-0.05, 0) is 35.2 Å². The van der Waals surface area contributed by atoms with Crippen LogP contribution in [0.2, 0.25) is 0 Å². The van der Waals surface area contributed by atoms with E-state index < -0.39 is 10.0 Å². The molecule has 1 aliphatic heterocycles. The maximum Gasteiger partial charge on any atom is 0.261 e. The number of rotatable bonds is 5. The van der Waals surface area contributed by atoms with Crippen LogP contribution in [0.3, 0.4) is 0 Å². The summed E-state index contributed by atoms with van der Waals surface area (Å²) in [5, 5.41) is 7.02. The van der Waals surface area contributed by atoms with E-state index in [1.54, 1.807) is 36.7 Å². The number of carbonyl (C=O) groups excluding carboxylic acids is 1. The van der Waals surface area contributed by atoms with Gasteiger partial charge in [0.1, 0.15) is 0 Å². The molecule has 0 aliphatic carbocycles. The van der Waals surface area contributed by atoms with Gasteiger partial charge in [0, 0.05) is 45.1 Å².